The van der Waals surface area contributed by atoms with Crippen molar-refractivity contribution in [2.75, 3.05) is 6.79 Å². The minimum atomic E-state index is -0.299. The van der Waals surface area contributed by atoms with Crippen LogP contribution < -0.4 is 0 Å². The lowest BCUT2D eigenvalue weighted by atomic mass is 10.0. The van der Waals surface area contributed by atoms with Gasteiger partial charge < -0.3 is 9.47 Å². The molecule has 0 radical (unpaired) electrons. The summed E-state index contributed by atoms with van der Waals surface area (Å²) in [5.74, 6) is 3.20. The van der Waals surface area contributed by atoms with Crippen LogP contribution in [-0.4, -0.2) is 12.4 Å². The van der Waals surface area contributed by atoms with Crippen molar-refractivity contribution in [3.63, 3.8) is 0 Å². The van der Waals surface area contributed by atoms with Crippen molar-refractivity contribution in [2.45, 2.75) is 25.9 Å². The van der Waals surface area contributed by atoms with E-state index < -0.39 is 0 Å². The summed E-state index contributed by atoms with van der Waals surface area (Å²) in [6.07, 6.45) is 7.62. The van der Waals surface area contributed by atoms with E-state index in [2.05, 4.69) is 5.92 Å². The summed E-state index contributed by atoms with van der Waals surface area (Å²) < 4.78 is 10.6. The predicted molar refractivity (Wildman–Crippen MR) is 42.6 cm³/mol. The zero-order chi connectivity index (χ0) is 8.32. The fourth-order valence-corrected chi connectivity index (χ4v) is 0.993. The van der Waals surface area contributed by atoms with E-state index in [-0.39, 0.29) is 5.60 Å². The Morgan fingerprint density at radius 2 is 2.55 bits per heavy atom. The van der Waals surface area contributed by atoms with E-state index >= 15 is 0 Å². The molecule has 0 aliphatic carbocycles. The molecular weight excluding hydrogens is 140 g/mol. The van der Waals surface area contributed by atoms with Crippen LogP contribution in [0.5, 0.6) is 0 Å². The Bertz CT molecular complexity index is 212. The summed E-state index contributed by atoms with van der Waals surface area (Å²) >= 11 is 0. The largest absolute Gasteiger partial charge is 0.468 e. The molecule has 60 valence electrons. The molecule has 0 spiro atoms. The van der Waals surface area contributed by atoms with E-state index in [0.717, 1.165) is 12.2 Å². The van der Waals surface area contributed by atoms with Crippen LogP contribution in [0, 0.1) is 12.3 Å². The number of hydrogen-bond acceptors (Lipinski definition) is 2. The van der Waals surface area contributed by atoms with Gasteiger partial charge in [0.25, 0.3) is 0 Å². The van der Waals surface area contributed by atoms with Crippen molar-refractivity contribution < 1.29 is 9.47 Å². The standard InChI is InChI=1S/C9H12O2/c1-4-6-8-9(3,5-2)11-7-10-8/h1,6H,5,7H2,2-3H3. The van der Waals surface area contributed by atoms with Gasteiger partial charge in [-0.2, -0.15) is 0 Å². The summed E-state index contributed by atoms with van der Waals surface area (Å²) in [6, 6.07) is 0. The minimum absolute atomic E-state index is 0.299. The van der Waals surface area contributed by atoms with Gasteiger partial charge in [-0.1, -0.05) is 12.8 Å². The molecular formula is C9H12O2. The molecule has 1 rings (SSSR count). The lowest BCUT2D eigenvalue weighted by Crippen LogP contribution is -2.23. The first-order valence-electron chi connectivity index (χ1n) is 3.66. The highest BCUT2D eigenvalue weighted by molar-refractivity contribution is 5.21. The second kappa shape index (κ2) is 2.98. The zero-order valence-corrected chi connectivity index (χ0v) is 6.89. The van der Waals surface area contributed by atoms with Crippen LogP contribution in [0.4, 0.5) is 0 Å². The van der Waals surface area contributed by atoms with Crippen LogP contribution in [0.1, 0.15) is 20.3 Å². The lowest BCUT2D eigenvalue weighted by molar-refractivity contribution is 0.000639. The molecule has 1 unspecified atom stereocenters. The third-order valence-corrected chi connectivity index (χ3v) is 2.00. The summed E-state index contributed by atoms with van der Waals surface area (Å²) in [4.78, 5) is 0. The van der Waals surface area contributed by atoms with E-state index in [0.29, 0.717) is 6.79 Å². The molecule has 1 aliphatic rings. The van der Waals surface area contributed by atoms with Gasteiger partial charge in [0.15, 0.2) is 6.79 Å². The molecule has 0 amide bonds. The molecule has 1 heterocycles. The molecule has 0 aromatic rings. The molecule has 0 aromatic heterocycles. The van der Waals surface area contributed by atoms with Gasteiger partial charge in [-0.05, 0) is 13.3 Å². The van der Waals surface area contributed by atoms with Crippen molar-refractivity contribution >= 4 is 0 Å². The predicted octanol–water partition coefficient (Wildman–Crippen LogP) is 1.68. The van der Waals surface area contributed by atoms with Crippen LogP contribution >= 0.6 is 0 Å². The van der Waals surface area contributed by atoms with Gasteiger partial charge in [0.05, 0.1) is 0 Å². The highest BCUT2D eigenvalue weighted by Crippen LogP contribution is 2.31. The van der Waals surface area contributed by atoms with Gasteiger partial charge in [-0.25, -0.2) is 0 Å². The molecule has 1 aliphatic heterocycles. The lowest BCUT2D eigenvalue weighted by Gasteiger charge is -2.18. The van der Waals surface area contributed by atoms with E-state index in [1.165, 1.54) is 0 Å². The first kappa shape index (κ1) is 8.16. The summed E-state index contributed by atoms with van der Waals surface area (Å²) in [6.45, 7) is 4.33. The molecule has 1 saturated heterocycles. The van der Waals surface area contributed by atoms with Crippen LogP contribution in [0.15, 0.2) is 11.8 Å². The highest BCUT2D eigenvalue weighted by atomic mass is 16.7. The number of rotatable bonds is 1. The minimum Gasteiger partial charge on any atom is -0.468 e. The number of terminal acetylenes is 1. The van der Waals surface area contributed by atoms with Gasteiger partial charge in [0, 0.05) is 6.08 Å². The summed E-state index contributed by atoms with van der Waals surface area (Å²) in [5, 5.41) is 0. The SMILES string of the molecule is C#CC=C1OCOC1(C)CC. The number of ether oxygens (including phenoxy) is 2. The molecule has 0 saturated carbocycles. The Morgan fingerprint density at radius 3 is 3.09 bits per heavy atom. The Balaban J connectivity index is 2.82. The quantitative estimate of drug-likeness (QED) is 0.532. The molecule has 0 bridgehead atoms. The topological polar surface area (TPSA) is 18.5 Å². The van der Waals surface area contributed by atoms with Crippen molar-refractivity contribution in [1.82, 2.24) is 0 Å². The third-order valence-electron chi connectivity index (χ3n) is 2.00. The Labute approximate surface area is 67.2 Å². The van der Waals surface area contributed by atoms with Gasteiger partial charge in [0.1, 0.15) is 11.4 Å². The average molecular weight is 152 g/mol. The highest BCUT2D eigenvalue weighted by Gasteiger charge is 2.34. The Hall–Kier alpha value is -0.940. The van der Waals surface area contributed by atoms with Crippen LogP contribution in [0.2, 0.25) is 0 Å². The monoisotopic (exact) mass is 152 g/mol. The van der Waals surface area contributed by atoms with Crippen molar-refractivity contribution in [1.29, 1.82) is 0 Å². The van der Waals surface area contributed by atoms with E-state index in [9.17, 15) is 0 Å². The van der Waals surface area contributed by atoms with Gasteiger partial charge in [-0.3, -0.25) is 0 Å². The fourth-order valence-electron chi connectivity index (χ4n) is 0.993. The zero-order valence-electron chi connectivity index (χ0n) is 6.89. The molecule has 0 N–H and O–H groups in total. The number of hydrogen-bond donors (Lipinski definition) is 0. The first-order valence-corrected chi connectivity index (χ1v) is 3.66. The second-order valence-electron chi connectivity index (χ2n) is 2.67. The van der Waals surface area contributed by atoms with E-state index in [1.54, 1.807) is 6.08 Å². The van der Waals surface area contributed by atoms with Gasteiger partial charge in [0.2, 0.25) is 0 Å². The Kier molecular flexibility index (Phi) is 2.21. The maximum Gasteiger partial charge on any atom is 0.189 e. The van der Waals surface area contributed by atoms with Crippen LogP contribution in [0.25, 0.3) is 0 Å². The van der Waals surface area contributed by atoms with Crippen molar-refractivity contribution in [3.8, 4) is 12.3 Å². The summed E-state index contributed by atoms with van der Waals surface area (Å²) in [7, 11) is 0. The normalized spacial score (nSPS) is 33.4. The maximum absolute atomic E-state index is 5.37. The fraction of sp³-hybridized carbons (Fsp3) is 0.556. The Morgan fingerprint density at radius 1 is 1.82 bits per heavy atom. The van der Waals surface area contributed by atoms with Crippen molar-refractivity contribution in [2.24, 2.45) is 0 Å². The average Bonchev–Trinajstić information content (AvgIpc) is 2.35. The number of allylic oxidation sites excluding steroid dienone is 1. The van der Waals surface area contributed by atoms with Gasteiger partial charge >= 0.3 is 0 Å². The first-order chi connectivity index (χ1) is 5.23. The molecule has 1 atom stereocenters. The van der Waals surface area contributed by atoms with Gasteiger partial charge in [-0.15, -0.1) is 6.42 Å². The molecule has 11 heavy (non-hydrogen) atoms. The molecule has 0 aromatic carbocycles. The van der Waals surface area contributed by atoms with E-state index in [4.69, 9.17) is 15.9 Å². The molecule has 2 nitrogen and oxygen atoms in total. The smallest absolute Gasteiger partial charge is 0.189 e. The molecule has 1 fully saturated rings. The molecule has 2 heteroatoms. The van der Waals surface area contributed by atoms with Crippen LogP contribution in [0.3, 0.4) is 0 Å². The van der Waals surface area contributed by atoms with Crippen molar-refractivity contribution in [3.05, 3.63) is 11.8 Å². The second-order valence-corrected chi connectivity index (χ2v) is 2.67. The van der Waals surface area contributed by atoms with Crippen LogP contribution in [-0.2, 0) is 9.47 Å². The third kappa shape index (κ3) is 1.38. The van der Waals surface area contributed by atoms with E-state index in [1.807, 2.05) is 13.8 Å². The maximum atomic E-state index is 5.37. The summed E-state index contributed by atoms with van der Waals surface area (Å²) in [5.41, 5.74) is -0.299.